The fourth-order valence-corrected chi connectivity index (χ4v) is 2.23. The van der Waals surface area contributed by atoms with Crippen LogP contribution in [0.4, 0.5) is 4.39 Å². The van der Waals surface area contributed by atoms with Gasteiger partial charge in [-0.2, -0.15) is 0 Å². The van der Waals surface area contributed by atoms with Gasteiger partial charge in [-0.15, -0.1) is 0 Å². The molecule has 0 saturated heterocycles. The van der Waals surface area contributed by atoms with Crippen molar-refractivity contribution in [2.24, 2.45) is 0 Å². The van der Waals surface area contributed by atoms with E-state index in [-0.39, 0.29) is 11.7 Å². The molecule has 1 aliphatic rings. The SMILES string of the molecule is CCOCCCNC(=O)C1(c2ccc(F)cc2)CC1. The number of halogens is 1. The van der Waals surface area contributed by atoms with Gasteiger partial charge in [-0.25, -0.2) is 4.39 Å². The van der Waals surface area contributed by atoms with E-state index in [2.05, 4.69) is 5.32 Å². The van der Waals surface area contributed by atoms with Crippen LogP contribution in [0.5, 0.6) is 0 Å². The Kier molecular flexibility index (Phi) is 4.53. The molecule has 0 aliphatic heterocycles. The Morgan fingerprint density at radius 1 is 1.37 bits per heavy atom. The highest BCUT2D eigenvalue weighted by molar-refractivity contribution is 5.91. The van der Waals surface area contributed by atoms with Crippen molar-refractivity contribution in [3.8, 4) is 0 Å². The highest BCUT2D eigenvalue weighted by Crippen LogP contribution is 2.48. The molecule has 1 saturated carbocycles. The van der Waals surface area contributed by atoms with E-state index in [4.69, 9.17) is 4.74 Å². The van der Waals surface area contributed by atoms with E-state index in [1.807, 2.05) is 6.92 Å². The van der Waals surface area contributed by atoms with Crippen molar-refractivity contribution in [2.75, 3.05) is 19.8 Å². The van der Waals surface area contributed by atoms with E-state index in [0.717, 1.165) is 24.8 Å². The summed E-state index contributed by atoms with van der Waals surface area (Å²) < 4.78 is 18.1. The van der Waals surface area contributed by atoms with Crippen LogP contribution in [-0.2, 0) is 14.9 Å². The molecule has 0 heterocycles. The molecular weight excluding hydrogens is 245 g/mol. The standard InChI is InChI=1S/C15H20FNO2/c1-2-19-11-3-10-17-14(18)15(8-9-15)12-4-6-13(16)7-5-12/h4-7H,2-3,8-11H2,1H3,(H,17,18). The zero-order chi connectivity index (χ0) is 13.7. The number of ether oxygens (including phenoxy) is 1. The van der Waals surface area contributed by atoms with Crippen LogP contribution in [0.15, 0.2) is 24.3 Å². The molecule has 0 aromatic heterocycles. The second-order valence-electron chi connectivity index (χ2n) is 4.90. The minimum Gasteiger partial charge on any atom is -0.382 e. The van der Waals surface area contributed by atoms with Gasteiger partial charge in [-0.1, -0.05) is 12.1 Å². The van der Waals surface area contributed by atoms with E-state index in [1.54, 1.807) is 12.1 Å². The largest absolute Gasteiger partial charge is 0.382 e. The van der Waals surface area contributed by atoms with Crippen LogP contribution >= 0.6 is 0 Å². The summed E-state index contributed by atoms with van der Waals surface area (Å²) in [6.07, 6.45) is 2.50. The third-order valence-corrected chi connectivity index (χ3v) is 3.54. The smallest absolute Gasteiger partial charge is 0.230 e. The maximum absolute atomic E-state index is 12.9. The van der Waals surface area contributed by atoms with Crippen LogP contribution in [0, 0.1) is 5.82 Å². The van der Waals surface area contributed by atoms with E-state index in [0.29, 0.717) is 19.8 Å². The van der Waals surface area contributed by atoms with E-state index >= 15 is 0 Å². The number of hydrogen-bond acceptors (Lipinski definition) is 2. The van der Waals surface area contributed by atoms with E-state index < -0.39 is 5.41 Å². The number of nitrogens with one attached hydrogen (secondary N) is 1. The highest BCUT2D eigenvalue weighted by atomic mass is 19.1. The summed E-state index contributed by atoms with van der Waals surface area (Å²) in [7, 11) is 0. The molecule has 0 unspecified atom stereocenters. The highest BCUT2D eigenvalue weighted by Gasteiger charge is 2.50. The lowest BCUT2D eigenvalue weighted by molar-refractivity contribution is -0.123. The maximum atomic E-state index is 12.9. The van der Waals surface area contributed by atoms with E-state index in [1.165, 1.54) is 12.1 Å². The zero-order valence-electron chi connectivity index (χ0n) is 11.2. The van der Waals surface area contributed by atoms with Gasteiger partial charge in [0.1, 0.15) is 5.82 Å². The van der Waals surface area contributed by atoms with Crippen LogP contribution in [0.2, 0.25) is 0 Å². The molecule has 1 aromatic carbocycles. The van der Waals surface area contributed by atoms with Gasteiger partial charge in [0.15, 0.2) is 0 Å². The second-order valence-corrected chi connectivity index (χ2v) is 4.90. The van der Waals surface area contributed by atoms with Gasteiger partial charge >= 0.3 is 0 Å². The maximum Gasteiger partial charge on any atom is 0.230 e. The summed E-state index contributed by atoms with van der Waals surface area (Å²) in [5.41, 5.74) is 0.496. The first-order valence-corrected chi connectivity index (χ1v) is 6.81. The van der Waals surface area contributed by atoms with Gasteiger partial charge in [0, 0.05) is 19.8 Å². The minimum atomic E-state index is -0.417. The van der Waals surface area contributed by atoms with Crippen LogP contribution in [0.25, 0.3) is 0 Å². The number of hydrogen-bond donors (Lipinski definition) is 1. The molecule has 1 amide bonds. The second kappa shape index (κ2) is 6.15. The first-order chi connectivity index (χ1) is 9.19. The third-order valence-electron chi connectivity index (χ3n) is 3.54. The molecule has 104 valence electrons. The molecule has 0 spiro atoms. The van der Waals surface area contributed by atoms with Crippen molar-refractivity contribution in [1.82, 2.24) is 5.32 Å². The average Bonchev–Trinajstić information content (AvgIpc) is 3.21. The molecule has 1 aliphatic carbocycles. The Hall–Kier alpha value is -1.42. The van der Waals surface area contributed by atoms with Gasteiger partial charge in [0.2, 0.25) is 5.91 Å². The Labute approximate surface area is 113 Å². The molecule has 0 atom stereocenters. The summed E-state index contributed by atoms with van der Waals surface area (Å²) >= 11 is 0. The van der Waals surface area contributed by atoms with Crippen molar-refractivity contribution in [3.63, 3.8) is 0 Å². The van der Waals surface area contributed by atoms with E-state index in [9.17, 15) is 9.18 Å². The number of rotatable bonds is 7. The number of carbonyl (C=O) groups is 1. The van der Waals surface area contributed by atoms with Gasteiger partial charge in [-0.05, 0) is 43.9 Å². The Morgan fingerprint density at radius 2 is 2.05 bits per heavy atom. The molecule has 0 radical (unpaired) electrons. The predicted molar refractivity (Wildman–Crippen MR) is 71.4 cm³/mol. The Morgan fingerprint density at radius 3 is 2.63 bits per heavy atom. The molecule has 19 heavy (non-hydrogen) atoms. The van der Waals surface area contributed by atoms with Crippen molar-refractivity contribution in [2.45, 2.75) is 31.6 Å². The lowest BCUT2D eigenvalue weighted by atomic mass is 9.95. The monoisotopic (exact) mass is 265 g/mol. The topological polar surface area (TPSA) is 38.3 Å². The van der Waals surface area contributed by atoms with Gasteiger partial charge in [-0.3, -0.25) is 4.79 Å². The van der Waals surface area contributed by atoms with Gasteiger partial charge < -0.3 is 10.1 Å². The lowest BCUT2D eigenvalue weighted by Gasteiger charge is -2.15. The van der Waals surface area contributed by atoms with Crippen LogP contribution in [0.1, 0.15) is 31.7 Å². The molecule has 1 fully saturated rings. The molecule has 1 N–H and O–H groups in total. The minimum absolute atomic E-state index is 0.0515. The summed E-state index contributed by atoms with van der Waals surface area (Å²) in [6.45, 7) is 3.95. The van der Waals surface area contributed by atoms with Crippen molar-refractivity contribution >= 4 is 5.91 Å². The summed E-state index contributed by atoms with van der Waals surface area (Å²) in [6, 6.07) is 6.25. The van der Waals surface area contributed by atoms with Crippen LogP contribution in [-0.4, -0.2) is 25.7 Å². The molecule has 3 nitrogen and oxygen atoms in total. The fraction of sp³-hybridized carbons (Fsp3) is 0.533. The van der Waals surface area contributed by atoms with Crippen LogP contribution in [0.3, 0.4) is 0 Å². The Bertz CT molecular complexity index is 426. The van der Waals surface area contributed by atoms with Gasteiger partial charge in [0.25, 0.3) is 0 Å². The number of carbonyl (C=O) groups excluding carboxylic acids is 1. The molecule has 1 aromatic rings. The third kappa shape index (κ3) is 3.32. The predicted octanol–water partition coefficient (Wildman–Crippen LogP) is 2.40. The van der Waals surface area contributed by atoms with Crippen molar-refractivity contribution in [1.29, 1.82) is 0 Å². The summed E-state index contributed by atoms with van der Waals surface area (Å²) in [5, 5.41) is 2.94. The molecule has 4 heteroatoms. The zero-order valence-corrected chi connectivity index (χ0v) is 11.2. The van der Waals surface area contributed by atoms with Gasteiger partial charge in [0.05, 0.1) is 5.41 Å². The Balaban J connectivity index is 1.86. The van der Waals surface area contributed by atoms with Crippen LogP contribution < -0.4 is 5.32 Å². The fourth-order valence-electron chi connectivity index (χ4n) is 2.23. The lowest BCUT2D eigenvalue weighted by Crippen LogP contribution is -2.35. The first kappa shape index (κ1) is 14.0. The summed E-state index contributed by atoms with van der Waals surface area (Å²) in [5.74, 6) is -0.215. The number of amides is 1. The van der Waals surface area contributed by atoms with Crippen molar-refractivity contribution in [3.05, 3.63) is 35.6 Å². The average molecular weight is 265 g/mol. The number of benzene rings is 1. The quantitative estimate of drug-likeness (QED) is 0.769. The van der Waals surface area contributed by atoms with Crippen molar-refractivity contribution < 1.29 is 13.9 Å². The molecular formula is C15H20FNO2. The summed E-state index contributed by atoms with van der Waals surface area (Å²) in [4.78, 5) is 12.2. The normalized spacial score (nSPS) is 16.1. The molecule has 2 rings (SSSR count). The first-order valence-electron chi connectivity index (χ1n) is 6.81. The molecule has 0 bridgehead atoms.